The summed E-state index contributed by atoms with van der Waals surface area (Å²) in [6.45, 7) is 1.73. The molecule has 0 saturated carbocycles. The molecular formula is C18H17NO3. The van der Waals surface area contributed by atoms with E-state index in [4.69, 9.17) is 4.74 Å². The molecule has 0 aliphatic carbocycles. The third-order valence-electron chi connectivity index (χ3n) is 2.96. The van der Waals surface area contributed by atoms with Crippen LogP contribution in [0.3, 0.4) is 0 Å². The van der Waals surface area contributed by atoms with Crippen LogP contribution in [0.5, 0.6) is 0 Å². The van der Waals surface area contributed by atoms with Crippen molar-refractivity contribution in [3.63, 3.8) is 0 Å². The van der Waals surface area contributed by atoms with Crippen LogP contribution in [0.2, 0.25) is 0 Å². The Morgan fingerprint density at radius 3 is 2.36 bits per heavy atom. The van der Waals surface area contributed by atoms with E-state index in [0.717, 1.165) is 11.1 Å². The molecule has 2 rings (SSSR count). The van der Waals surface area contributed by atoms with Gasteiger partial charge in [0.25, 0.3) is 0 Å². The summed E-state index contributed by atoms with van der Waals surface area (Å²) in [5, 5.41) is 10.3. The molecule has 112 valence electrons. The van der Waals surface area contributed by atoms with Gasteiger partial charge in [-0.2, -0.15) is 5.06 Å². The van der Waals surface area contributed by atoms with Crippen LogP contribution < -0.4 is 0 Å². The lowest BCUT2D eigenvalue weighted by Gasteiger charge is -2.17. The summed E-state index contributed by atoms with van der Waals surface area (Å²) in [5.41, 5.74) is 1.67. The number of carbonyl (C=O) groups is 1. The Morgan fingerprint density at radius 2 is 1.73 bits per heavy atom. The molecule has 0 aliphatic rings. The van der Waals surface area contributed by atoms with Crippen molar-refractivity contribution in [3.8, 4) is 11.8 Å². The van der Waals surface area contributed by atoms with Gasteiger partial charge in [-0.25, -0.2) is 4.79 Å². The summed E-state index contributed by atoms with van der Waals surface area (Å²) in [4.78, 5) is 11.8. The van der Waals surface area contributed by atoms with Crippen molar-refractivity contribution in [2.75, 3.05) is 0 Å². The molecule has 4 heteroatoms. The van der Waals surface area contributed by atoms with Crippen LogP contribution in [0.1, 0.15) is 18.1 Å². The van der Waals surface area contributed by atoms with Crippen LogP contribution in [0.4, 0.5) is 4.79 Å². The summed E-state index contributed by atoms with van der Waals surface area (Å²) >= 11 is 0. The summed E-state index contributed by atoms with van der Waals surface area (Å²) in [7, 11) is 0. The molecule has 2 aromatic rings. The molecule has 2 aromatic carbocycles. The Bertz CT molecular complexity index is 659. The minimum Gasteiger partial charge on any atom is -0.443 e. The van der Waals surface area contributed by atoms with Crippen molar-refractivity contribution >= 4 is 6.09 Å². The number of hydrogen-bond donors (Lipinski definition) is 1. The van der Waals surface area contributed by atoms with Gasteiger partial charge in [-0.1, -0.05) is 60.4 Å². The molecule has 1 amide bonds. The first-order valence-electron chi connectivity index (χ1n) is 6.92. The average molecular weight is 295 g/mol. The van der Waals surface area contributed by atoms with E-state index in [1.807, 2.05) is 60.7 Å². The largest absolute Gasteiger partial charge is 0.443 e. The smallest absolute Gasteiger partial charge is 0.435 e. The van der Waals surface area contributed by atoms with Gasteiger partial charge in [-0.15, -0.1) is 0 Å². The molecule has 1 unspecified atom stereocenters. The molecule has 0 spiro atoms. The van der Waals surface area contributed by atoms with Gasteiger partial charge in [0.15, 0.2) is 0 Å². The monoisotopic (exact) mass is 295 g/mol. The lowest BCUT2D eigenvalue weighted by atomic mass is 10.2. The third kappa shape index (κ3) is 4.65. The maximum Gasteiger partial charge on any atom is 0.435 e. The highest BCUT2D eigenvalue weighted by Crippen LogP contribution is 2.04. The highest BCUT2D eigenvalue weighted by atomic mass is 16.6. The van der Waals surface area contributed by atoms with Gasteiger partial charge in [0, 0.05) is 5.56 Å². The molecular weight excluding hydrogens is 278 g/mol. The van der Waals surface area contributed by atoms with Crippen molar-refractivity contribution in [3.05, 3.63) is 71.8 Å². The minimum absolute atomic E-state index is 0.107. The van der Waals surface area contributed by atoms with Gasteiger partial charge in [0.2, 0.25) is 0 Å². The Labute approximate surface area is 129 Å². The summed E-state index contributed by atoms with van der Waals surface area (Å²) < 4.78 is 5.03. The lowest BCUT2D eigenvalue weighted by molar-refractivity contribution is -0.0882. The van der Waals surface area contributed by atoms with E-state index in [0.29, 0.717) is 5.06 Å². The predicted molar refractivity (Wildman–Crippen MR) is 83.0 cm³/mol. The van der Waals surface area contributed by atoms with Gasteiger partial charge >= 0.3 is 6.09 Å². The van der Waals surface area contributed by atoms with E-state index in [-0.39, 0.29) is 6.61 Å². The quantitative estimate of drug-likeness (QED) is 0.536. The van der Waals surface area contributed by atoms with Crippen LogP contribution >= 0.6 is 0 Å². The maximum absolute atomic E-state index is 11.8. The van der Waals surface area contributed by atoms with Crippen LogP contribution in [0.25, 0.3) is 0 Å². The van der Waals surface area contributed by atoms with Gasteiger partial charge in [0.1, 0.15) is 12.6 Å². The number of amides is 1. The topological polar surface area (TPSA) is 49.8 Å². The van der Waals surface area contributed by atoms with Crippen molar-refractivity contribution < 1.29 is 14.7 Å². The van der Waals surface area contributed by atoms with Gasteiger partial charge in [-0.3, -0.25) is 5.21 Å². The second kappa shape index (κ2) is 7.87. The Morgan fingerprint density at radius 1 is 1.14 bits per heavy atom. The lowest BCUT2D eigenvalue weighted by Crippen LogP contribution is -2.35. The number of carbonyl (C=O) groups excluding carboxylic acids is 1. The second-order valence-electron chi connectivity index (χ2n) is 4.70. The molecule has 1 atom stereocenters. The van der Waals surface area contributed by atoms with Crippen molar-refractivity contribution in [1.82, 2.24) is 5.06 Å². The van der Waals surface area contributed by atoms with E-state index in [1.54, 1.807) is 6.92 Å². The van der Waals surface area contributed by atoms with E-state index in [1.165, 1.54) is 0 Å². The predicted octanol–water partition coefficient (Wildman–Crippen LogP) is 3.45. The summed E-state index contributed by atoms with van der Waals surface area (Å²) in [5.74, 6) is 5.70. The zero-order chi connectivity index (χ0) is 15.8. The van der Waals surface area contributed by atoms with Crippen LogP contribution in [-0.2, 0) is 11.3 Å². The minimum atomic E-state index is -0.821. The molecule has 0 radical (unpaired) electrons. The number of hydrogen-bond acceptors (Lipinski definition) is 3. The molecule has 0 bridgehead atoms. The fraction of sp³-hybridized carbons (Fsp3) is 0.167. The summed E-state index contributed by atoms with van der Waals surface area (Å²) in [6.07, 6.45) is -0.821. The molecule has 0 saturated heterocycles. The van der Waals surface area contributed by atoms with Crippen molar-refractivity contribution in [2.24, 2.45) is 0 Å². The fourth-order valence-electron chi connectivity index (χ4n) is 1.71. The van der Waals surface area contributed by atoms with Crippen molar-refractivity contribution in [1.29, 1.82) is 0 Å². The second-order valence-corrected chi connectivity index (χ2v) is 4.70. The normalized spacial score (nSPS) is 11.0. The number of benzene rings is 2. The third-order valence-corrected chi connectivity index (χ3v) is 2.96. The van der Waals surface area contributed by atoms with E-state index < -0.39 is 12.1 Å². The standard InChI is InChI=1S/C18H17NO3/c1-15(12-13-16-8-4-2-5-9-16)19(21)18(20)22-14-17-10-6-3-7-11-17/h2-11,15,21H,14H2,1H3. The molecule has 1 N–H and O–H groups in total. The molecule has 0 aromatic heterocycles. The number of rotatable bonds is 3. The van der Waals surface area contributed by atoms with E-state index >= 15 is 0 Å². The average Bonchev–Trinajstić information content (AvgIpc) is 2.58. The SMILES string of the molecule is CC(C#Cc1ccccc1)N(O)C(=O)OCc1ccccc1. The van der Waals surface area contributed by atoms with Gasteiger partial charge in [-0.05, 0) is 24.6 Å². The fourth-order valence-corrected chi connectivity index (χ4v) is 1.71. The van der Waals surface area contributed by atoms with Crippen molar-refractivity contribution in [2.45, 2.75) is 19.6 Å². The highest BCUT2D eigenvalue weighted by molar-refractivity contribution is 5.67. The first-order valence-corrected chi connectivity index (χ1v) is 6.92. The molecule has 0 heterocycles. The summed E-state index contributed by atoms with van der Waals surface area (Å²) in [6, 6.07) is 18.0. The number of nitrogens with zero attached hydrogens (tertiary/aromatic N) is 1. The maximum atomic E-state index is 11.8. The first-order chi connectivity index (χ1) is 10.7. The highest BCUT2D eigenvalue weighted by Gasteiger charge is 2.17. The number of hydroxylamine groups is 2. The van der Waals surface area contributed by atoms with E-state index in [9.17, 15) is 10.0 Å². The Hall–Kier alpha value is -2.77. The van der Waals surface area contributed by atoms with Gasteiger partial charge < -0.3 is 4.74 Å². The van der Waals surface area contributed by atoms with Crippen LogP contribution in [0, 0.1) is 11.8 Å². The molecule has 4 nitrogen and oxygen atoms in total. The number of ether oxygens (including phenoxy) is 1. The molecule has 0 fully saturated rings. The van der Waals surface area contributed by atoms with E-state index in [2.05, 4.69) is 11.8 Å². The zero-order valence-corrected chi connectivity index (χ0v) is 12.3. The Kier molecular flexibility index (Phi) is 5.58. The van der Waals surface area contributed by atoms with Crippen LogP contribution in [-0.4, -0.2) is 22.4 Å². The molecule has 0 aliphatic heterocycles. The van der Waals surface area contributed by atoms with Crippen LogP contribution in [0.15, 0.2) is 60.7 Å². The first kappa shape index (κ1) is 15.6. The van der Waals surface area contributed by atoms with Gasteiger partial charge in [0.05, 0.1) is 0 Å². The Balaban J connectivity index is 1.88. The zero-order valence-electron chi connectivity index (χ0n) is 12.3. The molecule has 22 heavy (non-hydrogen) atoms.